The van der Waals surface area contributed by atoms with Gasteiger partial charge >= 0.3 is 12.3 Å². The lowest BCUT2D eigenvalue weighted by molar-refractivity contribution is -0.136. The van der Waals surface area contributed by atoms with Crippen LogP contribution in [-0.2, 0) is 10.9 Å². The highest BCUT2D eigenvalue weighted by atomic mass is 19.4. The number of nitrogens with one attached hydrogen (secondary N) is 1. The van der Waals surface area contributed by atoms with E-state index < -0.39 is 17.8 Å². The summed E-state index contributed by atoms with van der Waals surface area (Å²) in [6.45, 7) is 1.62. The molecule has 17 heavy (non-hydrogen) atoms. The van der Waals surface area contributed by atoms with Crippen LogP contribution in [0, 0.1) is 0 Å². The van der Waals surface area contributed by atoms with Gasteiger partial charge in [0.15, 0.2) is 0 Å². The van der Waals surface area contributed by atoms with Gasteiger partial charge in [0.1, 0.15) is 0 Å². The number of rotatable bonds is 2. The van der Waals surface area contributed by atoms with Crippen LogP contribution in [0.2, 0.25) is 0 Å². The number of amides is 1. The molecule has 0 unspecified atom stereocenters. The number of halogens is 3. The van der Waals surface area contributed by atoms with Gasteiger partial charge in [-0.05, 0) is 25.1 Å². The fourth-order valence-corrected chi connectivity index (χ4v) is 1.18. The fraction of sp³-hybridized carbons (Fsp3) is 0.300. The second-order valence-corrected chi connectivity index (χ2v) is 3.15. The summed E-state index contributed by atoms with van der Waals surface area (Å²) >= 11 is 0. The summed E-state index contributed by atoms with van der Waals surface area (Å²) in [5, 5.41) is 2.01. The van der Waals surface area contributed by atoms with Gasteiger partial charge in [-0.3, -0.25) is 5.32 Å². The van der Waals surface area contributed by atoms with Crippen LogP contribution in [-0.4, -0.2) is 12.7 Å². The molecule has 1 aromatic rings. The number of ether oxygens (including phenoxy) is 1. The third-order valence-electron chi connectivity index (χ3n) is 1.86. The Bertz CT molecular complexity index is 419. The van der Waals surface area contributed by atoms with Gasteiger partial charge in [-0.2, -0.15) is 13.2 Å². The molecular weight excluding hydrogens is 237 g/mol. The zero-order valence-electron chi connectivity index (χ0n) is 8.97. The minimum Gasteiger partial charge on any atom is -0.450 e. The highest BCUT2D eigenvalue weighted by molar-refractivity contribution is 5.86. The predicted molar refractivity (Wildman–Crippen MR) is 56.5 cm³/mol. The smallest absolute Gasteiger partial charge is 0.418 e. The number of nitrogen functional groups attached to an aromatic ring is 1. The molecule has 1 rings (SSSR count). The number of carbonyl (C=O) groups is 1. The molecule has 0 radical (unpaired) electrons. The first-order valence-electron chi connectivity index (χ1n) is 4.75. The van der Waals surface area contributed by atoms with E-state index in [1.54, 1.807) is 6.92 Å². The second kappa shape index (κ2) is 4.94. The van der Waals surface area contributed by atoms with Crippen LogP contribution in [0.15, 0.2) is 18.2 Å². The average Bonchev–Trinajstić information content (AvgIpc) is 2.19. The van der Waals surface area contributed by atoms with Gasteiger partial charge in [-0.25, -0.2) is 4.79 Å². The maximum absolute atomic E-state index is 12.6. The normalized spacial score (nSPS) is 11.1. The first-order valence-corrected chi connectivity index (χ1v) is 4.75. The Hall–Kier alpha value is -1.92. The predicted octanol–water partition coefficient (Wildman–Crippen LogP) is 2.86. The molecule has 0 aliphatic carbocycles. The van der Waals surface area contributed by atoms with Gasteiger partial charge < -0.3 is 10.5 Å². The third-order valence-corrected chi connectivity index (χ3v) is 1.86. The third kappa shape index (κ3) is 3.54. The second-order valence-electron chi connectivity index (χ2n) is 3.15. The molecule has 0 saturated carbocycles. The Morgan fingerprint density at radius 1 is 1.47 bits per heavy atom. The van der Waals surface area contributed by atoms with E-state index in [9.17, 15) is 18.0 Å². The van der Waals surface area contributed by atoms with E-state index >= 15 is 0 Å². The highest BCUT2D eigenvalue weighted by Gasteiger charge is 2.34. The van der Waals surface area contributed by atoms with E-state index in [1.807, 2.05) is 5.32 Å². The summed E-state index contributed by atoms with van der Waals surface area (Å²) in [7, 11) is 0. The molecule has 0 atom stereocenters. The van der Waals surface area contributed by atoms with Crippen molar-refractivity contribution in [2.75, 3.05) is 17.7 Å². The van der Waals surface area contributed by atoms with Crippen LogP contribution >= 0.6 is 0 Å². The molecule has 0 aromatic heterocycles. The molecule has 0 aliphatic heterocycles. The number of benzene rings is 1. The standard InChI is InChI=1S/C10H11F3N2O2/c1-2-17-9(16)15-8-4-3-6(14)5-7(8)10(11,12)13/h3-5H,2,14H2,1H3,(H,15,16). The van der Waals surface area contributed by atoms with Gasteiger partial charge in [0.2, 0.25) is 0 Å². The molecule has 0 aliphatic rings. The molecule has 0 fully saturated rings. The Balaban J connectivity index is 3.03. The number of alkyl halides is 3. The molecule has 0 bridgehead atoms. The van der Waals surface area contributed by atoms with Crippen molar-refractivity contribution >= 4 is 17.5 Å². The van der Waals surface area contributed by atoms with E-state index in [0.717, 1.165) is 12.1 Å². The van der Waals surface area contributed by atoms with E-state index in [0.29, 0.717) is 0 Å². The van der Waals surface area contributed by atoms with Crippen molar-refractivity contribution in [2.45, 2.75) is 13.1 Å². The maximum Gasteiger partial charge on any atom is 0.418 e. The van der Waals surface area contributed by atoms with Crippen molar-refractivity contribution in [3.63, 3.8) is 0 Å². The molecule has 1 aromatic carbocycles. The molecule has 0 saturated heterocycles. The quantitative estimate of drug-likeness (QED) is 0.791. The van der Waals surface area contributed by atoms with Crippen LogP contribution < -0.4 is 11.1 Å². The van der Waals surface area contributed by atoms with E-state index in [1.165, 1.54) is 6.07 Å². The summed E-state index contributed by atoms with van der Waals surface area (Å²) in [6, 6.07) is 3.09. The van der Waals surface area contributed by atoms with Crippen molar-refractivity contribution in [1.29, 1.82) is 0 Å². The molecule has 4 nitrogen and oxygen atoms in total. The first kappa shape index (κ1) is 13.1. The summed E-state index contributed by atoms with van der Waals surface area (Å²) in [6.07, 6.45) is -5.53. The van der Waals surface area contributed by atoms with Crippen LogP contribution in [0.5, 0.6) is 0 Å². The maximum atomic E-state index is 12.6. The molecule has 1 amide bonds. The molecule has 7 heteroatoms. The van der Waals surface area contributed by atoms with Gasteiger partial charge in [-0.15, -0.1) is 0 Å². The monoisotopic (exact) mass is 248 g/mol. The van der Waals surface area contributed by atoms with Crippen LogP contribution in [0.25, 0.3) is 0 Å². The topological polar surface area (TPSA) is 64.3 Å². The molecule has 3 N–H and O–H groups in total. The molecule has 0 spiro atoms. The molecule has 0 heterocycles. The summed E-state index contributed by atoms with van der Waals surface area (Å²) in [5.74, 6) is 0. The Morgan fingerprint density at radius 3 is 2.65 bits per heavy atom. The lowest BCUT2D eigenvalue weighted by Gasteiger charge is -2.14. The number of carbonyl (C=O) groups excluding carboxylic acids is 1. The van der Waals surface area contributed by atoms with Crippen molar-refractivity contribution in [1.82, 2.24) is 0 Å². The minimum absolute atomic E-state index is 0.0354. The summed E-state index contributed by atoms with van der Waals surface area (Å²) in [4.78, 5) is 11.0. The highest BCUT2D eigenvalue weighted by Crippen LogP contribution is 2.36. The number of hydrogen-bond donors (Lipinski definition) is 2. The van der Waals surface area contributed by atoms with Crippen molar-refractivity contribution in [3.05, 3.63) is 23.8 Å². The van der Waals surface area contributed by atoms with Crippen molar-refractivity contribution < 1.29 is 22.7 Å². The average molecular weight is 248 g/mol. The van der Waals surface area contributed by atoms with E-state index in [4.69, 9.17) is 5.73 Å². The van der Waals surface area contributed by atoms with Gasteiger partial charge in [0.05, 0.1) is 17.9 Å². The zero-order valence-corrected chi connectivity index (χ0v) is 8.97. The Morgan fingerprint density at radius 2 is 2.12 bits per heavy atom. The summed E-state index contributed by atoms with van der Waals surface area (Å²) < 4.78 is 42.3. The van der Waals surface area contributed by atoms with E-state index in [-0.39, 0.29) is 18.0 Å². The Labute approximate surface area is 95.6 Å². The number of nitrogens with two attached hydrogens (primary N) is 1. The first-order chi connectivity index (χ1) is 7.84. The van der Waals surface area contributed by atoms with Crippen molar-refractivity contribution in [2.24, 2.45) is 0 Å². The summed E-state index contributed by atoms with van der Waals surface area (Å²) in [5.41, 5.74) is 3.84. The number of hydrogen-bond acceptors (Lipinski definition) is 3. The van der Waals surface area contributed by atoms with Crippen molar-refractivity contribution in [3.8, 4) is 0 Å². The van der Waals surface area contributed by atoms with E-state index in [2.05, 4.69) is 4.74 Å². The van der Waals surface area contributed by atoms with Crippen LogP contribution in [0.1, 0.15) is 12.5 Å². The van der Waals surface area contributed by atoms with Gasteiger partial charge in [-0.1, -0.05) is 0 Å². The Kier molecular flexibility index (Phi) is 3.82. The largest absolute Gasteiger partial charge is 0.450 e. The number of anilines is 2. The lowest BCUT2D eigenvalue weighted by atomic mass is 10.1. The van der Waals surface area contributed by atoms with Crippen LogP contribution in [0.3, 0.4) is 0 Å². The molecule has 94 valence electrons. The lowest BCUT2D eigenvalue weighted by Crippen LogP contribution is -2.17. The zero-order chi connectivity index (χ0) is 13.1. The molecular formula is C10H11F3N2O2. The fourth-order valence-electron chi connectivity index (χ4n) is 1.18. The van der Waals surface area contributed by atoms with Crippen LogP contribution in [0.4, 0.5) is 29.3 Å². The SMILES string of the molecule is CCOC(=O)Nc1ccc(N)cc1C(F)(F)F. The van der Waals surface area contributed by atoms with Gasteiger partial charge in [0, 0.05) is 5.69 Å². The van der Waals surface area contributed by atoms with Gasteiger partial charge in [0.25, 0.3) is 0 Å². The minimum atomic E-state index is -4.59.